The second-order valence-corrected chi connectivity index (χ2v) is 7.23. The second-order valence-electron chi connectivity index (χ2n) is 7.23. The number of carbonyl (C=O) groups is 1. The summed E-state index contributed by atoms with van der Waals surface area (Å²) in [6.07, 6.45) is 2.74. The number of benzene rings is 1. The number of aryl methyl sites for hydroxylation is 1. The van der Waals surface area contributed by atoms with E-state index in [1.54, 1.807) is 0 Å². The molecule has 0 radical (unpaired) electrons. The molecule has 2 atom stereocenters. The fourth-order valence-corrected chi connectivity index (χ4v) is 3.92. The minimum Gasteiger partial charge on any atom is -0.338 e. The van der Waals surface area contributed by atoms with Crippen molar-refractivity contribution in [3.8, 4) is 0 Å². The van der Waals surface area contributed by atoms with Crippen LogP contribution in [0.25, 0.3) is 0 Å². The number of nitrogens with zero attached hydrogens (tertiary/aromatic N) is 1. The van der Waals surface area contributed by atoms with Crippen molar-refractivity contribution in [3.05, 3.63) is 58.9 Å². The average Bonchev–Trinajstić information content (AvgIpc) is 2.86. The zero-order chi connectivity index (χ0) is 16.2. The van der Waals surface area contributed by atoms with Gasteiger partial charge in [-0.1, -0.05) is 55.4 Å². The Labute approximate surface area is 135 Å². The summed E-state index contributed by atoms with van der Waals surface area (Å²) in [6, 6.07) is 10.2. The monoisotopic (exact) mass is 308 g/mol. The summed E-state index contributed by atoms with van der Waals surface area (Å²) in [4.78, 5) is 12.9. The average molecular weight is 308 g/mol. The van der Waals surface area contributed by atoms with Crippen LogP contribution < -0.4 is 5.32 Å². The van der Waals surface area contributed by atoms with Crippen molar-refractivity contribution in [1.29, 1.82) is 0 Å². The number of hydrogen-bond donors (Lipinski definition) is 1. The number of ketones is 1. The van der Waals surface area contributed by atoms with Crippen LogP contribution in [0.15, 0.2) is 46.6 Å². The maximum Gasteiger partial charge on any atom is 0.232 e. The number of rotatable bonds is 1. The highest BCUT2D eigenvalue weighted by Gasteiger charge is 2.45. The number of anilines is 1. The third kappa shape index (κ3) is 2.21. The number of allylic oxidation sites excluding steroid dienone is 2. The molecule has 4 heteroatoms. The Kier molecular flexibility index (Phi) is 2.98. The molecule has 4 nitrogen and oxygen atoms in total. The zero-order valence-corrected chi connectivity index (χ0v) is 13.6. The maximum absolute atomic E-state index is 12.9. The van der Waals surface area contributed by atoms with Crippen LogP contribution in [0.2, 0.25) is 0 Å². The SMILES string of the molecule is Cc1noc2c1[C@@H](c1ccccc1)[C@@H]1C(=O)CC(C)(C)C=C1N2. The first-order valence-electron chi connectivity index (χ1n) is 8.00. The molecular formula is C19H20N2O2. The highest BCUT2D eigenvalue weighted by Crippen LogP contribution is 2.50. The van der Waals surface area contributed by atoms with Gasteiger partial charge in [0.25, 0.3) is 0 Å². The molecule has 1 aliphatic carbocycles. The predicted octanol–water partition coefficient (Wildman–Crippen LogP) is 4.04. The number of hydrogen-bond acceptors (Lipinski definition) is 4. The van der Waals surface area contributed by atoms with Crippen molar-refractivity contribution in [2.24, 2.45) is 11.3 Å². The van der Waals surface area contributed by atoms with E-state index in [9.17, 15) is 4.79 Å². The summed E-state index contributed by atoms with van der Waals surface area (Å²) in [6.45, 7) is 6.12. The molecule has 2 heterocycles. The first-order chi connectivity index (χ1) is 11.0. The van der Waals surface area contributed by atoms with Crippen LogP contribution in [0, 0.1) is 18.3 Å². The maximum atomic E-state index is 12.9. The number of carbonyl (C=O) groups excluding carboxylic acids is 1. The normalized spacial score (nSPS) is 25.2. The van der Waals surface area contributed by atoms with Gasteiger partial charge in [0.1, 0.15) is 5.78 Å². The number of nitrogens with one attached hydrogen (secondary N) is 1. The highest BCUT2D eigenvalue weighted by atomic mass is 16.5. The van der Waals surface area contributed by atoms with Gasteiger partial charge in [-0.05, 0) is 17.9 Å². The van der Waals surface area contributed by atoms with Gasteiger partial charge in [-0.15, -0.1) is 0 Å². The van der Waals surface area contributed by atoms with Gasteiger partial charge in [0.15, 0.2) is 0 Å². The van der Waals surface area contributed by atoms with Gasteiger partial charge in [0.05, 0.1) is 11.6 Å². The molecule has 1 aromatic carbocycles. The molecule has 2 aromatic rings. The second kappa shape index (κ2) is 4.82. The van der Waals surface area contributed by atoms with Gasteiger partial charge in [-0.3, -0.25) is 4.79 Å². The molecule has 0 spiro atoms. The van der Waals surface area contributed by atoms with E-state index >= 15 is 0 Å². The molecule has 0 unspecified atom stereocenters. The van der Waals surface area contributed by atoms with E-state index < -0.39 is 0 Å². The summed E-state index contributed by atoms with van der Waals surface area (Å²) in [5.41, 5.74) is 3.79. The smallest absolute Gasteiger partial charge is 0.232 e. The predicted molar refractivity (Wildman–Crippen MR) is 88.1 cm³/mol. The Balaban J connectivity index is 1.94. The Bertz CT molecular complexity index is 802. The molecule has 118 valence electrons. The van der Waals surface area contributed by atoms with E-state index in [2.05, 4.69) is 42.5 Å². The highest BCUT2D eigenvalue weighted by molar-refractivity contribution is 5.90. The van der Waals surface area contributed by atoms with E-state index in [0.717, 1.165) is 22.5 Å². The van der Waals surface area contributed by atoms with Gasteiger partial charge in [-0.2, -0.15) is 0 Å². The molecular weight excluding hydrogens is 288 g/mol. The summed E-state index contributed by atoms with van der Waals surface area (Å²) in [5, 5.41) is 7.43. The first kappa shape index (κ1) is 14.2. The van der Waals surface area contributed by atoms with Gasteiger partial charge >= 0.3 is 0 Å². The summed E-state index contributed by atoms with van der Waals surface area (Å²) in [5.74, 6) is 0.731. The van der Waals surface area contributed by atoms with Gasteiger partial charge < -0.3 is 9.84 Å². The van der Waals surface area contributed by atoms with Gasteiger partial charge in [-0.25, -0.2) is 0 Å². The molecule has 0 fully saturated rings. The third-order valence-electron chi connectivity index (χ3n) is 4.83. The fourth-order valence-electron chi connectivity index (χ4n) is 3.92. The van der Waals surface area contributed by atoms with E-state index in [1.165, 1.54) is 0 Å². The van der Waals surface area contributed by atoms with Crippen molar-refractivity contribution in [3.63, 3.8) is 0 Å². The Hall–Kier alpha value is -2.36. The lowest BCUT2D eigenvalue weighted by Gasteiger charge is -2.39. The van der Waals surface area contributed by atoms with Crippen LogP contribution in [0.5, 0.6) is 0 Å². The molecule has 0 bridgehead atoms. The summed E-state index contributed by atoms with van der Waals surface area (Å²) >= 11 is 0. The van der Waals surface area contributed by atoms with Crippen molar-refractivity contribution >= 4 is 11.7 Å². The molecule has 4 rings (SSSR count). The zero-order valence-electron chi connectivity index (χ0n) is 13.6. The minimum absolute atomic E-state index is 0.0338. The van der Waals surface area contributed by atoms with Gasteiger partial charge in [0.2, 0.25) is 5.88 Å². The van der Waals surface area contributed by atoms with E-state index in [4.69, 9.17) is 4.52 Å². The fraction of sp³-hybridized carbons (Fsp3) is 0.368. The summed E-state index contributed by atoms with van der Waals surface area (Å²) in [7, 11) is 0. The van der Waals surface area contributed by atoms with Gasteiger partial charge in [0, 0.05) is 23.6 Å². The van der Waals surface area contributed by atoms with Crippen LogP contribution in [-0.4, -0.2) is 10.9 Å². The number of aromatic nitrogens is 1. The summed E-state index contributed by atoms with van der Waals surface area (Å²) < 4.78 is 5.48. The Morgan fingerprint density at radius 2 is 1.96 bits per heavy atom. The Morgan fingerprint density at radius 3 is 2.70 bits per heavy atom. The molecule has 1 N–H and O–H groups in total. The van der Waals surface area contributed by atoms with Crippen molar-refractivity contribution < 1.29 is 9.32 Å². The number of fused-ring (bicyclic) bond motifs is 2. The lowest BCUT2D eigenvalue weighted by Crippen LogP contribution is -2.38. The van der Waals surface area contributed by atoms with Crippen LogP contribution in [0.1, 0.15) is 43.0 Å². The molecule has 0 amide bonds. The van der Waals surface area contributed by atoms with Crippen molar-refractivity contribution in [1.82, 2.24) is 5.16 Å². The van der Waals surface area contributed by atoms with E-state index in [-0.39, 0.29) is 23.0 Å². The molecule has 0 saturated heterocycles. The van der Waals surface area contributed by atoms with Crippen LogP contribution >= 0.6 is 0 Å². The molecule has 0 saturated carbocycles. The van der Waals surface area contributed by atoms with Crippen molar-refractivity contribution in [2.45, 2.75) is 33.1 Å². The van der Waals surface area contributed by atoms with E-state index in [1.807, 2.05) is 25.1 Å². The topological polar surface area (TPSA) is 55.1 Å². The quantitative estimate of drug-likeness (QED) is 0.864. The van der Waals surface area contributed by atoms with E-state index in [0.29, 0.717) is 12.3 Å². The van der Waals surface area contributed by atoms with Crippen LogP contribution in [0.3, 0.4) is 0 Å². The number of Topliss-reactive ketones (excluding diaryl/α,β-unsaturated/α-hetero) is 1. The molecule has 23 heavy (non-hydrogen) atoms. The largest absolute Gasteiger partial charge is 0.338 e. The standard InChI is InChI=1S/C19H20N2O2/c1-11-15-16(12-7-5-4-6-8-12)17-13(20-18(15)23-21-11)9-19(2,3)10-14(17)22/h4-9,16-17,20H,10H2,1-3H3/t16-,17+/m1/s1. The van der Waals surface area contributed by atoms with Crippen LogP contribution in [-0.2, 0) is 4.79 Å². The lowest BCUT2D eigenvalue weighted by atomic mass is 9.67. The van der Waals surface area contributed by atoms with Crippen molar-refractivity contribution in [2.75, 3.05) is 5.32 Å². The molecule has 2 aliphatic rings. The molecule has 1 aliphatic heterocycles. The Morgan fingerprint density at radius 1 is 1.22 bits per heavy atom. The minimum atomic E-state index is -0.184. The van der Waals surface area contributed by atoms with Crippen LogP contribution in [0.4, 0.5) is 5.88 Å². The first-order valence-corrected chi connectivity index (χ1v) is 8.00. The lowest BCUT2D eigenvalue weighted by molar-refractivity contribution is -0.124. The molecule has 1 aromatic heterocycles. The third-order valence-corrected chi connectivity index (χ3v) is 4.83.